The van der Waals surface area contributed by atoms with Gasteiger partial charge in [-0.25, -0.2) is 4.79 Å². The van der Waals surface area contributed by atoms with Crippen LogP contribution in [0, 0.1) is 5.41 Å². The molecular weight excluding hydrogens is 272 g/mol. The number of nitrogens with zero attached hydrogens (tertiary/aromatic N) is 2. The number of carboxylic acids is 1. The van der Waals surface area contributed by atoms with Gasteiger partial charge in [-0.1, -0.05) is 0 Å². The third-order valence-electron chi connectivity index (χ3n) is 4.41. The lowest BCUT2D eigenvalue weighted by atomic mass is 9.89. The van der Waals surface area contributed by atoms with Gasteiger partial charge in [-0.3, -0.25) is 9.59 Å². The van der Waals surface area contributed by atoms with Gasteiger partial charge < -0.3 is 14.9 Å². The average Bonchev–Trinajstić information content (AvgIpc) is 2.89. The Morgan fingerprint density at radius 2 is 1.86 bits per heavy atom. The first kappa shape index (κ1) is 15.9. The highest BCUT2D eigenvalue weighted by atomic mass is 16.4. The predicted molar refractivity (Wildman–Crippen MR) is 76.8 cm³/mol. The Labute approximate surface area is 125 Å². The molecule has 2 heterocycles. The van der Waals surface area contributed by atoms with Crippen LogP contribution in [0.2, 0.25) is 0 Å². The molecule has 0 aromatic carbocycles. The van der Waals surface area contributed by atoms with Crippen molar-refractivity contribution in [2.24, 2.45) is 5.41 Å². The van der Waals surface area contributed by atoms with Crippen LogP contribution >= 0.6 is 0 Å². The van der Waals surface area contributed by atoms with Gasteiger partial charge in [0, 0.05) is 39.0 Å². The van der Waals surface area contributed by atoms with Crippen LogP contribution in [-0.2, 0) is 14.4 Å². The first-order chi connectivity index (χ1) is 9.81. The highest BCUT2D eigenvalue weighted by molar-refractivity contribution is 5.87. The molecule has 2 rings (SSSR count). The number of carbonyl (C=O) groups is 3. The summed E-state index contributed by atoms with van der Waals surface area (Å²) in [5, 5.41) is 9.21. The smallest absolute Gasteiger partial charge is 0.326 e. The Bertz CT molecular complexity index is 437. The molecule has 6 heteroatoms. The topological polar surface area (TPSA) is 77.9 Å². The molecule has 21 heavy (non-hydrogen) atoms. The number of rotatable bonds is 4. The quantitative estimate of drug-likeness (QED) is 0.828. The summed E-state index contributed by atoms with van der Waals surface area (Å²) in [6, 6.07) is -0.681. The highest BCUT2D eigenvalue weighted by Crippen LogP contribution is 2.27. The molecule has 1 atom stereocenters. The van der Waals surface area contributed by atoms with E-state index in [0.29, 0.717) is 45.4 Å². The molecule has 1 amide bonds. The number of carboxylic acid groups (broad SMARTS) is 1. The van der Waals surface area contributed by atoms with E-state index in [4.69, 9.17) is 0 Å². The summed E-state index contributed by atoms with van der Waals surface area (Å²) in [5.74, 6) is -0.731. The lowest BCUT2D eigenvalue weighted by Gasteiger charge is -2.36. The lowest BCUT2D eigenvalue weighted by molar-refractivity contribution is -0.152. The second-order valence-electron chi connectivity index (χ2n) is 6.69. The average molecular weight is 296 g/mol. The van der Waals surface area contributed by atoms with E-state index in [2.05, 4.69) is 4.90 Å². The summed E-state index contributed by atoms with van der Waals surface area (Å²) in [7, 11) is 0. The monoisotopic (exact) mass is 296 g/mol. The fourth-order valence-corrected chi connectivity index (χ4v) is 3.24. The minimum atomic E-state index is -0.916. The van der Waals surface area contributed by atoms with E-state index in [9.17, 15) is 19.5 Å². The molecule has 0 aliphatic carbocycles. The second kappa shape index (κ2) is 6.13. The fourth-order valence-electron chi connectivity index (χ4n) is 3.24. The van der Waals surface area contributed by atoms with Crippen molar-refractivity contribution in [2.45, 2.75) is 45.6 Å². The van der Waals surface area contributed by atoms with E-state index in [1.54, 1.807) is 0 Å². The van der Waals surface area contributed by atoms with E-state index in [1.165, 1.54) is 4.90 Å². The Hall–Kier alpha value is -1.43. The maximum atomic E-state index is 12.7. The summed E-state index contributed by atoms with van der Waals surface area (Å²) in [4.78, 5) is 38.8. The van der Waals surface area contributed by atoms with Crippen LogP contribution in [-0.4, -0.2) is 64.8 Å². The van der Waals surface area contributed by atoms with Gasteiger partial charge in [0.1, 0.15) is 11.8 Å². The Morgan fingerprint density at radius 3 is 2.43 bits per heavy atom. The third-order valence-corrected chi connectivity index (χ3v) is 4.41. The molecule has 0 bridgehead atoms. The number of Topliss-reactive ketones (excluding diaryl/α,β-unsaturated/α-hetero) is 1. The predicted octanol–water partition coefficient (Wildman–Crippen LogP) is 0.753. The van der Waals surface area contributed by atoms with Crippen LogP contribution in [0.5, 0.6) is 0 Å². The molecule has 1 N–H and O–H groups in total. The maximum Gasteiger partial charge on any atom is 0.326 e. The second-order valence-corrected chi connectivity index (χ2v) is 6.69. The first-order valence-electron chi connectivity index (χ1n) is 7.59. The molecule has 0 saturated carbocycles. The molecule has 2 aliphatic heterocycles. The van der Waals surface area contributed by atoms with Gasteiger partial charge in [-0.05, 0) is 26.7 Å². The zero-order valence-corrected chi connectivity index (χ0v) is 12.8. The molecule has 2 aliphatic rings. The lowest BCUT2D eigenvalue weighted by Crippen LogP contribution is -2.51. The van der Waals surface area contributed by atoms with Crippen molar-refractivity contribution in [3.63, 3.8) is 0 Å². The van der Waals surface area contributed by atoms with Crippen molar-refractivity contribution in [1.29, 1.82) is 0 Å². The van der Waals surface area contributed by atoms with E-state index < -0.39 is 17.4 Å². The molecular formula is C15H24N2O4. The summed E-state index contributed by atoms with van der Waals surface area (Å²) in [6.45, 7) is 6.21. The van der Waals surface area contributed by atoms with Crippen LogP contribution < -0.4 is 0 Å². The number of likely N-dealkylation sites (tertiary alicyclic amines) is 2. The molecule has 2 saturated heterocycles. The summed E-state index contributed by atoms with van der Waals surface area (Å²) in [6.07, 6.45) is 2.38. The number of amides is 1. The maximum absolute atomic E-state index is 12.7. The minimum Gasteiger partial charge on any atom is -0.480 e. The van der Waals surface area contributed by atoms with E-state index in [1.807, 2.05) is 13.8 Å². The molecule has 1 unspecified atom stereocenters. The van der Waals surface area contributed by atoms with E-state index in [-0.39, 0.29) is 11.7 Å². The number of piperidine rings is 1. The van der Waals surface area contributed by atoms with Crippen LogP contribution in [0.25, 0.3) is 0 Å². The van der Waals surface area contributed by atoms with Crippen molar-refractivity contribution in [3.8, 4) is 0 Å². The van der Waals surface area contributed by atoms with Crippen LogP contribution in [0.1, 0.15) is 39.5 Å². The van der Waals surface area contributed by atoms with Crippen molar-refractivity contribution >= 4 is 17.7 Å². The largest absolute Gasteiger partial charge is 0.480 e. The fraction of sp³-hybridized carbons (Fsp3) is 0.800. The number of hydrogen-bond acceptors (Lipinski definition) is 4. The van der Waals surface area contributed by atoms with Crippen LogP contribution in [0.3, 0.4) is 0 Å². The van der Waals surface area contributed by atoms with Crippen molar-refractivity contribution in [3.05, 3.63) is 0 Å². The van der Waals surface area contributed by atoms with E-state index >= 15 is 0 Å². The molecule has 6 nitrogen and oxygen atoms in total. The highest BCUT2D eigenvalue weighted by Gasteiger charge is 2.41. The van der Waals surface area contributed by atoms with Gasteiger partial charge in [0.2, 0.25) is 5.91 Å². The number of carbonyl (C=O) groups excluding carboxylic acids is 2. The number of aliphatic carboxylic acids is 1. The zero-order chi connectivity index (χ0) is 15.6. The molecule has 118 valence electrons. The first-order valence-corrected chi connectivity index (χ1v) is 7.59. The molecule has 0 radical (unpaired) electrons. The molecule has 0 spiro atoms. The van der Waals surface area contributed by atoms with Gasteiger partial charge in [0.05, 0.1) is 5.41 Å². The van der Waals surface area contributed by atoms with Gasteiger partial charge in [0.15, 0.2) is 0 Å². The Balaban J connectivity index is 1.99. The number of hydrogen-bond donors (Lipinski definition) is 1. The van der Waals surface area contributed by atoms with Crippen molar-refractivity contribution < 1.29 is 19.5 Å². The Morgan fingerprint density at radius 1 is 1.24 bits per heavy atom. The van der Waals surface area contributed by atoms with Gasteiger partial charge >= 0.3 is 5.97 Å². The Kier molecular flexibility index (Phi) is 4.66. The van der Waals surface area contributed by atoms with Crippen LogP contribution in [0.4, 0.5) is 0 Å². The molecule has 0 aromatic rings. The van der Waals surface area contributed by atoms with Crippen molar-refractivity contribution in [1.82, 2.24) is 9.80 Å². The molecule has 2 fully saturated rings. The van der Waals surface area contributed by atoms with E-state index in [0.717, 1.165) is 6.42 Å². The SMILES string of the molecule is CC(C)(CN1CCC(=O)CC1)C(=O)N1CCCC1C(=O)O. The standard InChI is InChI=1S/C15H24N2O4/c1-15(2,10-16-8-5-11(18)6-9-16)14(21)17-7-3-4-12(17)13(19)20/h12H,3-10H2,1-2H3,(H,19,20). The summed E-state index contributed by atoms with van der Waals surface area (Å²) < 4.78 is 0. The minimum absolute atomic E-state index is 0.0932. The third kappa shape index (κ3) is 3.61. The normalized spacial score (nSPS) is 24.4. The van der Waals surface area contributed by atoms with Crippen LogP contribution in [0.15, 0.2) is 0 Å². The van der Waals surface area contributed by atoms with Gasteiger partial charge in [0.25, 0.3) is 0 Å². The zero-order valence-electron chi connectivity index (χ0n) is 12.8. The van der Waals surface area contributed by atoms with Gasteiger partial charge in [-0.15, -0.1) is 0 Å². The van der Waals surface area contributed by atoms with Crippen molar-refractivity contribution in [2.75, 3.05) is 26.2 Å². The summed E-state index contributed by atoms with van der Waals surface area (Å²) in [5.41, 5.74) is -0.627. The molecule has 0 aromatic heterocycles. The summed E-state index contributed by atoms with van der Waals surface area (Å²) >= 11 is 0. The number of ketones is 1. The van der Waals surface area contributed by atoms with Gasteiger partial charge in [-0.2, -0.15) is 0 Å².